The molecule has 1 aliphatic heterocycles. The van der Waals surface area contributed by atoms with E-state index in [1.807, 2.05) is 12.1 Å². The standard InChI is InChI=1S/C19H19N3O5/c1-12(20-18(23)14-4-3-5-15(10-14)22(25)26)19(24)21-9-8-13-11-16(27-2)6-7-17(13)21/h3-7,10-12H,8-9H2,1-2H3,(H,20,23). The molecule has 0 aromatic heterocycles. The Morgan fingerprint density at radius 2 is 2.04 bits per heavy atom. The summed E-state index contributed by atoms with van der Waals surface area (Å²) in [5.74, 6) is -0.0403. The van der Waals surface area contributed by atoms with Crippen LogP contribution in [0.4, 0.5) is 11.4 Å². The van der Waals surface area contributed by atoms with Crippen molar-refractivity contribution in [2.75, 3.05) is 18.6 Å². The molecule has 0 saturated carbocycles. The average molecular weight is 369 g/mol. The van der Waals surface area contributed by atoms with E-state index in [1.165, 1.54) is 24.3 Å². The van der Waals surface area contributed by atoms with Crippen molar-refractivity contribution in [1.29, 1.82) is 0 Å². The second kappa shape index (κ2) is 7.45. The summed E-state index contributed by atoms with van der Waals surface area (Å²) in [6.45, 7) is 2.12. The number of nitrogens with one attached hydrogen (secondary N) is 1. The molecule has 3 rings (SSSR count). The Bertz CT molecular complexity index is 912. The number of methoxy groups -OCH3 is 1. The minimum absolute atomic E-state index is 0.135. The van der Waals surface area contributed by atoms with Gasteiger partial charge in [0.05, 0.1) is 12.0 Å². The van der Waals surface area contributed by atoms with Gasteiger partial charge in [-0.3, -0.25) is 19.7 Å². The molecule has 0 spiro atoms. The number of nitrogens with zero attached hydrogens (tertiary/aromatic N) is 2. The number of nitro benzene ring substituents is 1. The van der Waals surface area contributed by atoms with E-state index >= 15 is 0 Å². The second-order valence-corrected chi connectivity index (χ2v) is 6.24. The van der Waals surface area contributed by atoms with Crippen LogP contribution in [-0.4, -0.2) is 36.4 Å². The molecule has 8 heteroatoms. The molecule has 1 atom stereocenters. The van der Waals surface area contributed by atoms with Crippen molar-refractivity contribution in [2.24, 2.45) is 0 Å². The Hall–Kier alpha value is -3.42. The van der Waals surface area contributed by atoms with E-state index in [2.05, 4.69) is 5.32 Å². The van der Waals surface area contributed by atoms with Gasteiger partial charge in [-0.15, -0.1) is 0 Å². The van der Waals surface area contributed by atoms with Crippen molar-refractivity contribution >= 4 is 23.2 Å². The number of non-ortho nitro benzene ring substituents is 1. The molecule has 0 fully saturated rings. The van der Waals surface area contributed by atoms with Crippen LogP contribution in [0, 0.1) is 10.1 Å². The number of anilines is 1. The molecule has 1 heterocycles. The molecule has 1 aliphatic rings. The maximum absolute atomic E-state index is 12.8. The summed E-state index contributed by atoms with van der Waals surface area (Å²) >= 11 is 0. The topological polar surface area (TPSA) is 102 Å². The van der Waals surface area contributed by atoms with Crippen LogP contribution in [0.5, 0.6) is 5.75 Å². The van der Waals surface area contributed by atoms with E-state index in [-0.39, 0.29) is 17.2 Å². The van der Waals surface area contributed by atoms with Crippen molar-refractivity contribution in [3.8, 4) is 5.75 Å². The van der Waals surface area contributed by atoms with Crippen molar-refractivity contribution in [3.05, 3.63) is 63.7 Å². The van der Waals surface area contributed by atoms with Gasteiger partial charge in [-0.25, -0.2) is 0 Å². The van der Waals surface area contributed by atoms with Crippen LogP contribution in [0.25, 0.3) is 0 Å². The molecule has 1 N–H and O–H groups in total. The number of ether oxygens (including phenoxy) is 1. The maximum Gasteiger partial charge on any atom is 0.270 e. The molecule has 0 radical (unpaired) electrons. The summed E-state index contributed by atoms with van der Waals surface area (Å²) in [6, 6.07) is 10.1. The number of amides is 2. The van der Waals surface area contributed by atoms with Crippen molar-refractivity contribution in [3.63, 3.8) is 0 Å². The zero-order chi connectivity index (χ0) is 19.6. The monoisotopic (exact) mass is 369 g/mol. The number of nitro groups is 1. The average Bonchev–Trinajstić information content (AvgIpc) is 3.10. The van der Waals surface area contributed by atoms with E-state index in [4.69, 9.17) is 4.74 Å². The molecule has 27 heavy (non-hydrogen) atoms. The third-order valence-electron chi connectivity index (χ3n) is 4.49. The second-order valence-electron chi connectivity index (χ2n) is 6.24. The fraction of sp³-hybridized carbons (Fsp3) is 0.263. The lowest BCUT2D eigenvalue weighted by molar-refractivity contribution is -0.384. The van der Waals surface area contributed by atoms with Crippen molar-refractivity contribution in [1.82, 2.24) is 5.32 Å². The van der Waals surface area contributed by atoms with Crippen molar-refractivity contribution in [2.45, 2.75) is 19.4 Å². The lowest BCUT2D eigenvalue weighted by Crippen LogP contribution is -2.46. The van der Waals surface area contributed by atoms with E-state index in [1.54, 1.807) is 25.0 Å². The summed E-state index contributed by atoms with van der Waals surface area (Å²) in [4.78, 5) is 37.0. The Morgan fingerprint density at radius 3 is 2.74 bits per heavy atom. The highest BCUT2D eigenvalue weighted by atomic mass is 16.6. The highest BCUT2D eigenvalue weighted by molar-refractivity contribution is 6.03. The lowest BCUT2D eigenvalue weighted by atomic mass is 10.1. The van der Waals surface area contributed by atoms with Gasteiger partial charge >= 0.3 is 0 Å². The minimum atomic E-state index is -0.773. The largest absolute Gasteiger partial charge is 0.497 e. The third-order valence-corrected chi connectivity index (χ3v) is 4.49. The van der Waals surface area contributed by atoms with Crippen LogP contribution in [0.15, 0.2) is 42.5 Å². The Morgan fingerprint density at radius 1 is 1.26 bits per heavy atom. The predicted octanol–water partition coefficient (Wildman–Crippen LogP) is 2.31. The number of carbonyl (C=O) groups excluding carboxylic acids is 2. The van der Waals surface area contributed by atoms with Gasteiger partial charge in [0.25, 0.3) is 11.6 Å². The van der Waals surface area contributed by atoms with Gasteiger partial charge in [-0.1, -0.05) is 6.07 Å². The van der Waals surface area contributed by atoms with Crippen LogP contribution in [0.2, 0.25) is 0 Å². The summed E-state index contributed by atoms with van der Waals surface area (Å²) in [5, 5.41) is 13.5. The predicted molar refractivity (Wildman–Crippen MR) is 99.1 cm³/mol. The molecular formula is C19H19N3O5. The number of hydrogen-bond acceptors (Lipinski definition) is 5. The molecule has 1 unspecified atom stereocenters. The number of hydrogen-bond donors (Lipinski definition) is 1. The number of carbonyl (C=O) groups is 2. The van der Waals surface area contributed by atoms with Crippen LogP contribution >= 0.6 is 0 Å². The molecule has 2 aromatic rings. The molecule has 8 nitrogen and oxygen atoms in total. The molecule has 0 saturated heterocycles. The quantitative estimate of drug-likeness (QED) is 0.644. The van der Waals surface area contributed by atoms with Crippen LogP contribution in [-0.2, 0) is 11.2 Å². The summed E-state index contributed by atoms with van der Waals surface area (Å²) < 4.78 is 5.20. The molecule has 0 aliphatic carbocycles. The van der Waals surface area contributed by atoms with Crippen LogP contribution in [0.3, 0.4) is 0 Å². The fourth-order valence-corrected chi connectivity index (χ4v) is 3.07. The van der Waals surface area contributed by atoms with E-state index in [0.717, 1.165) is 17.0 Å². The first-order valence-electron chi connectivity index (χ1n) is 8.44. The van der Waals surface area contributed by atoms with Gasteiger partial charge in [0.2, 0.25) is 5.91 Å². The van der Waals surface area contributed by atoms with Crippen LogP contribution < -0.4 is 15.0 Å². The Labute approximate surface area is 155 Å². The molecule has 0 bridgehead atoms. The first-order valence-corrected chi connectivity index (χ1v) is 8.44. The Kier molecular flexibility index (Phi) is 5.07. The summed E-state index contributed by atoms with van der Waals surface area (Å²) in [6.07, 6.45) is 0.712. The number of fused-ring (bicyclic) bond motifs is 1. The smallest absolute Gasteiger partial charge is 0.270 e. The molecule has 2 amide bonds. The van der Waals surface area contributed by atoms with Gasteiger partial charge in [0, 0.05) is 29.9 Å². The SMILES string of the molecule is COc1ccc2c(c1)CCN2C(=O)C(C)NC(=O)c1cccc([N+](=O)[O-])c1. The zero-order valence-electron chi connectivity index (χ0n) is 15.0. The van der Waals surface area contributed by atoms with Crippen molar-refractivity contribution < 1.29 is 19.2 Å². The number of benzene rings is 2. The van der Waals surface area contributed by atoms with E-state index in [9.17, 15) is 19.7 Å². The summed E-state index contributed by atoms with van der Waals surface area (Å²) in [7, 11) is 1.59. The maximum atomic E-state index is 12.8. The van der Waals surface area contributed by atoms with Gasteiger partial charge in [-0.05, 0) is 43.2 Å². The highest BCUT2D eigenvalue weighted by Gasteiger charge is 2.29. The minimum Gasteiger partial charge on any atom is -0.497 e. The normalized spacial score (nSPS) is 13.6. The fourth-order valence-electron chi connectivity index (χ4n) is 3.07. The molecular weight excluding hydrogens is 350 g/mol. The Balaban J connectivity index is 1.71. The van der Waals surface area contributed by atoms with Gasteiger partial charge in [0.15, 0.2) is 0 Å². The van der Waals surface area contributed by atoms with Gasteiger partial charge in [-0.2, -0.15) is 0 Å². The van der Waals surface area contributed by atoms with E-state index in [0.29, 0.717) is 13.0 Å². The highest BCUT2D eigenvalue weighted by Crippen LogP contribution is 2.31. The first kappa shape index (κ1) is 18.4. The first-order chi connectivity index (χ1) is 12.9. The van der Waals surface area contributed by atoms with E-state index < -0.39 is 16.9 Å². The molecule has 2 aromatic carbocycles. The zero-order valence-corrected chi connectivity index (χ0v) is 15.0. The third kappa shape index (κ3) is 3.74. The van der Waals surface area contributed by atoms with Gasteiger partial charge < -0.3 is 15.0 Å². The molecule has 140 valence electrons. The lowest BCUT2D eigenvalue weighted by Gasteiger charge is -2.22. The number of rotatable bonds is 5. The van der Waals surface area contributed by atoms with Crippen LogP contribution in [0.1, 0.15) is 22.8 Å². The summed E-state index contributed by atoms with van der Waals surface area (Å²) in [5.41, 5.74) is 1.77. The van der Waals surface area contributed by atoms with Gasteiger partial charge in [0.1, 0.15) is 11.8 Å².